The fourth-order valence-electron chi connectivity index (χ4n) is 0.284. The first-order valence-electron chi connectivity index (χ1n) is 2.76. The molecule has 0 unspecified atom stereocenters. The van der Waals surface area contributed by atoms with Gasteiger partial charge in [-0.25, -0.2) is 0 Å². The molecule has 0 spiro atoms. The average molecular weight is 133 g/mol. The number of esters is 1. The predicted molar refractivity (Wildman–Crippen MR) is 36.5 cm³/mol. The highest BCUT2D eigenvalue weighted by atomic mass is 16.5. The summed E-state index contributed by atoms with van der Waals surface area (Å²) in [5.41, 5.74) is 0. The molecule has 0 atom stereocenters. The molecule has 0 radical (unpaired) electrons. The Bertz CT molecular complexity index is 81.1. The van der Waals surface area contributed by atoms with Crippen LogP contribution in [-0.2, 0) is 9.53 Å². The van der Waals surface area contributed by atoms with Crippen molar-refractivity contribution in [2.75, 3.05) is 6.61 Å². The van der Waals surface area contributed by atoms with E-state index < -0.39 is 0 Å². The molecule has 0 rings (SSSR count). The lowest BCUT2D eigenvalue weighted by molar-refractivity contribution is -0.141. The van der Waals surface area contributed by atoms with Crippen molar-refractivity contribution in [2.24, 2.45) is 5.92 Å². The van der Waals surface area contributed by atoms with Gasteiger partial charge >= 0.3 is 5.97 Å². The molecule has 0 aliphatic rings. The first-order chi connectivity index (χ1) is 3.63. The van der Waals surface area contributed by atoms with Crippen molar-refractivity contribution in [1.82, 2.24) is 6.15 Å². The number of hydrogen-bond donors (Lipinski definition) is 1. The monoisotopic (exact) mass is 133 g/mol. The minimum atomic E-state index is -0.196. The quantitative estimate of drug-likeness (QED) is 0.578. The first kappa shape index (κ1) is 11.3. The van der Waals surface area contributed by atoms with Crippen molar-refractivity contribution in [2.45, 2.75) is 20.8 Å². The summed E-state index contributed by atoms with van der Waals surface area (Å²) in [4.78, 5) is 10.1. The molecule has 0 saturated heterocycles. The Hall–Kier alpha value is -0.570. The fourth-order valence-corrected chi connectivity index (χ4v) is 0.284. The van der Waals surface area contributed by atoms with E-state index in [1.807, 2.05) is 13.8 Å². The van der Waals surface area contributed by atoms with Crippen LogP contribution < -0.4 is 6.15 Å². The summed E-state index contributed by atoms with van der Waals surface area (Å²) >= 11 is 0. The molecule has 0 aromatic rings. The highest BCUT2D eigenvalue weighted by molar-refractivity contribution is 5.65. The molecule has 0 fully saturated rings. The van der Waals surface area contributed by atoms with E-state index in [-0.39, 0.29) is 12.1 Å². The second kappa shape index (κ2) is 5.56. The second-order valence-electron chi connectivity index (χ2n) is 2.20. The third-order valence-corrected chi connectivity index (χ3v) is 0.620. The van der Waals surface area contributed by atoms with Gasteiger partial charge in [0, 0.05) is 6.92 Å². The van der Waals surface area contributed by atoms with Gasteiger partial charge in [0.05, 0.1) is 6.61 Å². The van der Waals surface area contributed by atoms with Crippen LogP contribution in [0.4, 0.5) is 0 Å². The van der Waals surface area contributed by atoms with Gasteiger partial charge in [-0.15, -0.1) is 0 Å². The molecule has 3 heteroatoms. The van der Waals surface area contributed by atoms with Crippen LogP contribution in [0.2, 0.25) is 0 Å². The molecule has 0 aliphatic carbocycles. The average Bonchev–Trinajstić information content (AvgIpc) is 1.61. The molecule has 0 bridgehead atoms. The van der Waals surface area contributed by atoms with Crippen molar-refractivity contribution in [3.8, 4) is 0 Å². The van der Waals surface area contributed by atoms with Gasteiger partial charge in [0.1, 0.15) is 0 Å². The summed E-state index contributed by atoms with van der Waals surface area (Å²) in [7, 11) is 0. The third-order valence-electron chi connectivity index (χ3n) is 0.620. The van der Waals surface area contributed by atoms with Crippen LogP contribution in [0.3, 0.4) is 0 Å². The van der Waals surface area contributed by atoms with Crippen LogP contribution in [0.1, 0.15) is 20.8 Å². The minimum absolute atomic E-state index is 0. The largest absolute Gasteiger partial charge is 0.466 e. The molecule has 0 aromatic carbocycles. The van der Waals surface area contributed by atoms with Gasteiger partial charge < -0.3 is 10.9 Å². The van der Waals surface area contributed by atoms with Gasteiger partial charge in [-0.1, -0.05) is 13.8 Å². The molecule has 0 heterocycles. The summed E-state index contributed by atoms with van der Waals surface area (Å²) in [6.45, 7) is 5.96. The molecule has 0 saturated carbocycles. The van der Waals surface area contributed by atoms with Crippen LogP contribution >= 0.6 is 0 Å². The zero-order valence-corrected chi connectivity index (χ0v) is 6.31. The molecule has 0 aromatic heterocycles. The molecular formula is C6H15NO2. The van der Waals surface area contributed by atoms with E-state index in [2.05, 4.69) is 4.74 Å². The molecule has 3 N–H and O–H groups in total. The van der Waals surface area contributed by atoms with Crippen molar-refractivity contribution < 1.29 is 9.53 Å². The van der Waals surface area contributed by atoms with Gasteiger partial charge in [0.25, 0.3) is 0 Å². The lowest BCUT2D eigenvalue weighted by atomic mass is 10.2. The topological polar surface area (TPSA) is 61.3 Å². The van der Waals surface area contributed by atoms with Gasteiger partial charge in [0.15, 0.2) is 0 Å². The molecule has 0 amide bonds. The third kappa shape index (κ3) is 11.2. The van der Waals surface area contributed by atoms with E-state index in [4.69, 9.17) is 0 Å². The van der Waals surface area contributed by atoms with Gasteiger partial charge in [-0.3, -0.25) is 4.79 Å². The van der Waals surface area contributed by atoms with Crippen molar-refractivity contribution >= 4 is 5.97 Å². The van der Waals surface area contributed by atoms with E-state index in [1.54, 1.807) is 0 Å². The Morgan fingerprint density at radius 2 is 2.00 bits per heavy atom. The summed E-state index contributed by atoms with van der Waals surface area (Å²) in [6.07, 6.45) is 0. The maximum Gasteiger partial charge on any atom is 0.302 e. The maximum atomic E-state index is 10.1. The van der Waals surface area contributed by atoms with Crippen molar-refractivity contribution in [3.63, 3.8) is 0 Å². The van der Waals surface area contributed by atoms with Crippen LogP contribution in [-0.4, -0.2) is 12.6 Å². The Morgan fingerprint density at radius 3 is 2.11 bits per heavy atom. The highest BCUT2D eigenvalue weighted by Gasteiger charge is 1.94. The van der Waals surface area contributed by atoms with Crippen molar-refractivity contribution in [3.05, 3.63) is 0 Å². The first-order valence-corrected chi connectivity index (χ1v) is 2.76. The van der Waals surface area contributed by atoms with Crippen LogP contribution in [0.25, 0.3) is 0 Å². The van der Waals surface area contributed by atoms with E-state index >= 15 is 0 Å². The van der Waals surface area contributed by atoms with Crippen molar-refractivity contribution in [1.29, 1.82) is 0 Å². The van der Waals surface area contributed by atoms with E-state index in [0.717, 1.165) is 0 Å². The molecule has 56 valence electrons. The second-order valence-corrected chi connectivity index (χ2v) is 2.20. The minimum Gasteiger partial charge on any atom is -0.466 e. The maximum absolute atomic E-state index is 10.1. The number of carbonyl (C=O) groups excluding carboxylic acids is 1. The van der Waals surface area contributed by atoms with Gasteiger partial charge in [-0.05, 0) is 5.92 Å². The Balaban J connectivity index is 0. The molecule has 0 aliphatic heterocycles. The number of carbonyl (C=O) groups is 1. The summed E-state index contributed by atoms with van der Waals surface area (Å²) in [5.74, 6) is 0.248. The van der Waals surface area contributed by atoms with E-state index in [1.165, 1.54) is 6.92 Å². The molecule has 9 heavy (non-hydrogen) atoms. The summed E-state index contributed by atoms with van der Waals surface area (Å²) < 4.78 is 4.66. The molecular weight excluding hydrogens is 118 g/mol. The van der Waals surface area contributed by atoms with Gasteiger partial charge in [-0.2, -0.15) is 0 Å². The van der Waals surface area contributed by atoms with E-state index in [0.29, 0.717) is 12.5 Å². The normalized spacial score (nSPS) is 8.44. The zero-order valence-electron chi connectivity index (χ0n) is 6.31. The Kier molecular flexibility index (Phi) is 6.96. The number of hydrogen-bond acceptors (Lipinski definition) is 3. The molecule has 3 nitrogen and oxygen atoms in total. The highest BCUT2D eigenvalue weighted by Crippen LogP contribution is 1.91. The standard InChI is InChI=1S/C6H12O2.H3N/c1-5(2)4-8-6(3)7;/h5H,4H2,1-3H3;1H3. The summed E-state index contributed by atoms with van der Waals surface area (Å²) in [5, 5.41) is 0. The van der Waals surface area contributed by atoms with Gasteiger partial charge in [0.2, 0.25) is 0 Å². The zero-order chi connectivity index (χ0) is 6.57. The summed E-state index contributed by atoms with van der Waals surface area (Å²) in [6, 6.07) is 0. The Morgan fingerprint density at radius 1 is 1.56 bits per heavy atom. The Labute approximate surface area is 56.0 Å². The lowest BCUT2D eigenvalue weighted by Crippen LogP contribution is -2.05. The van der Waals surface area contributed by atoms with E-state index in [9.17, 15) is 4.79 Å². The fraction of sp³-hybridized carbons (Fsp3) is 0.833. The smallest absolute Gasteiger partial charge is 0.302 e. The lowest BCUT2D eigenvalue weighted by Gasteiger charge is -2.02. The van der Waals surface area contributed by atoms with Crippen LogP contribution in [0.5, 0.6) is 0 Å². The number of rotatable bonds is 2. The van der Waals surface area contributed by atoms with Crippen LogP contribution in [0, 0.1) is 5.92 Å². The predicted octanol–water partition coefficient (Wildman–Crippen LogP) is 1.37. The number of ether oxygens (including phenoxy) is 1. The SMILES string of the molecule is CC(=O)OCC(C)C.N. The van der Waals surface area contributed by atoms with Crippen LogP contribution in [0.15, 0.2) is 0 Å².